The van der Waals surface area contributed by atoms with Crippen molar-refractivity contribution in [2.45, 2.75) is 30.8 Å². The summed E-state index contributed by atoms with van der Waals surface area (Å²) in [5.41, 5.74) is -1.09. The fourth-order valence-corrected chi connectivity index (χ4v) is 5.93. The fraction of sp³-hybridized carbons (Fsp3) is 0.280. The van der Waals surface area contributed by atoms with Crippen LogP contribution in [0.15, 0.2) is 57.9 Å². The van der Waals surface area contributed by atoms with Crippen molar-refractivity contribution in [3.8, 4) is 0 Å². The van der Waals surface area contributed by atoms with Gasteiger partial charge in [0.05, 0.1) is 17.2 Å². The zero-order valence-electron chi connectivity index (χ0n) is 19.6. The summed E-state index contributed by atoms with van der Waals surface area (Å²) in [4.78, 5) is 12.6. The second-order valence-electron chi connectivity index (χ2n) is 8.55. The van der Waals surface area contributed by atoms with Crippen LogP contribution in [0.2, 0.25) is 0 Å². The number of halogens is 4. The maximum absolute atomic E-state index is 14.0. The summed E-state index contributed by atoms with van der Waals surface area (Å²) in [7, 11) is -4.19. The summed E-state index contributed by atoms with van der Waals surface area (Å²) >= 11 is 0. The first-order valence-electron chi connectivity index (χ1n) is 11.3. The summed E-state index contributed by atoms with van der Waals surface area (Å²) in [6.45, 7) is 1.31. The lowest BCUT2D eigenvalue weighted by Gasteiger charge is -2.31. The minimum absolute atomic E-state index is 0.0823. The number of hydrogen-bond donors (Lipinski definition) is 1. The molecule has 12 heteroatoms. The maximum Gasteiger partial charge on any atom is 0.418 e. The molecule has 1 N–H and O–H groups in total. The number of alkyl halides is 3. The minimum atomic E-state index is -4.66. The normalized spacial score (nSPS) is 17.3. The second kappa shape index (κ2) is 10.5. The van der Waals surface area contributed by atoms with Gasteiger partial charge in [-0.3, -0.25) is 4.79 Å². The van der Waals surface area contributed by atoms with Crippen LogP contribution in [0, 0.1) is 18.7 Å². The number of nitrogens with one attached hydrogen (secondary N) is 1. The lowest BCUT2D eigenvalue weighted by molar-refractivity contribution is -0.137. The lowest BCUT2D eigenvalue weighted by atomic mass is 9.98. The van der Waals surface area contributed by atoms with Gasteiger partial charge in [-0.2, -0.15) is 17.5 Å². The van der Waals surface area contributed by atoms with Gasteiger partial charge in [0.25, 0.3) is 0 Å². The highest BCUT2D eigenvalue weighted by molar-refractivity contribution is 7.89. The van der Waals surface area contributed by atoms with Crippen molar-refractivity contribution >= 4 is 33.8 Å². The summed E-state index contributed by atoms with van der Waals surface area (Å²) in [6.07, 6.45) is -1.38. The Morgan fingerprint density at radius 1 is 1.14 bits per heavy atom. The van der Waals surface area contributed by atoms with Gasteiger partial charge in [0, 0.05) is 18.7 Å². The third-order valence-electron chi connectivity index (χ3n) is 6.00. The molecule has 2 aromatic carbocycles. The van der Waals surface area contributed by atoms with Crippen molar-refractivity contribution in [2.24, 2.45) is 5.92 Å². The monoisotopic (exact) mass is 537 g/mol. The number of rotatable bonds is 6. The SMILES string of the molecule is Cc1noc(/C=C/c2ccccc2F)c1S(=O)(=O)N1CCCC(C(=O)Nc2ccccc2C(F)(F)F)C1. The highest BCUT2D eigenvalue weighted by atomic mass is 32.2. The quantitative estimate of drug-likeness (QED) is 0.428. The van der Waals surface area contributed by atoms with E-state index in [4.69, 9.17) is 4.52 Å². The molecule has 1 fully saturated rings. The van der Waals surface area contributed by atoms with Gasteiger partial charge < -0.3 is 9.84 Å². The highest BCUT2D eigenvalue weighted by Crippen LogP contribution is 2.35. The average molecular weight is 538 g/mol. The molecule has 4 rings (SSSR count). The smallest absolute Gasteiger partial charge is 0.355 e. The molecule has 1 atom stereocenters. The van der Waals surface area contributed by atoms with E-state index in [1.807, 2.05) is 0 Å². The Morgan fingerprint density at radius 2 is 1.84 bits per heavy atom. The number of amides is 1. The number of aromatic nitrogens is 1. The van der Waals surface area contributed by atoms with E-state index in [1.165, 1.54) is 49.4 Å². The van der Waals surface area contributed by atoms with Crippen LogP contribution in [0.5, 0.6) is 0 Å². The van der Waals surface area contributed by atoms with Crippen molar-refractivity contribution in [2.75, 3.05) is 18.4 Å². The van der Waals surface area contributed by atoms with Crippen LogP contribution in [0.4, 0.5) is 23.2 Å². The molecule has 37 heavy (non-hydrogen) atoms. The zero-order chi connectivity index (χ0) is 26.8. The van der Waals surface area contributed by atoms with Gasteiger partial charge in [-0.15, -0.1) is 0 Å². The van der Waals surface area contributed by atoms with E-state index in [2.05, 4.69) is 10.5 Å². The van der Waals surface area contributed by atoms with E-state index in [0.717, 1.165) is 16.4 Å². The van der Waals surface area contributed by atoms with Crippen molar-refractivity contribution in [1.29, 1.82) is 0 Å². The van der Waals surface area contributed by atoms with Crippen LogP contribution in [0.25, 0.3) is 12.2 Å². The third-order valence-corrected chi connectivity index (χ3v) is 8.02. The molecule has 1 aliphatic rings. The van der Waals surface area contributed by atoms with E-state index in [-0.39, 0.29) is 35.0 Å². The van der Waals surface area contributed by atoms with E-state index in [0.29, 0.717) is 12.8 Å². The number of carbonyl (C=O) groups excluding carboxylic acids is 1. The van der Waals surface area contributed by atoms with Gasteiger partial charge in [0.1, 0.15) is 11.5 Å². The molecule has 196 valence electrons. The number of aryl methyl sites for hydroxylation is 1. The highest BCUT2D eigenvalue weighted by Gasteiger charge is 2.38. The fourth-order valence-electron chi connectivity index (χ4n) is 4.15. The summed E-state index contributed by atoms with van der Waals surface area (Å²) in [5, 5.41) is 6.05. The molecule has 1 unspecified atom stereocenters. The molecule has 1 amide bonds. The van der Waals surface area contributed by atoms with Gasteiger partial charge >= 0.3 is 6.18 Å². The van der Waals surface area contributed by atoms with E-state index < -0.39 is 45.1 Å². The van der Waals surface area contributed by atoms with Crippen LogP contribution >= 0.6 is 0 Å². The Kier molecular flexibility index (Phi) is 7.51. The number of hydrogen-bond acceptors (Lipinski definition) is 5. The van der Waals surface area contributed by atoms with Crippen LogP contribution in [0.1, 0.15) is 35.4 Å². The molecule has 0 bridgehead atoms. The van der Waals surface area contributed by atoms with Crippen LogP contribution in [-0.2, 0) is 21.0 Å². The van der Waals surface area contributed by atoms with Gasteiger partial charge in [-0.05, 0) is 50.1 Å². The number of sulfonamides is 1. The van der Waals surface area contributed by atoms with Crippen molar-refractivity contribution in [3.05, 3.63) is 76.9 Å². The molecule has 7 nitrogen and oxygen atoms in total. The topological polar surface area (TPSA) is 92.5 Å². The van der Waals surface area contributed by atoms with Crippen molar-refractivity contribution < 1.29 is 35.3 Å². The standard InChI is InChI=1S/C25H23F4N3O4S/c1-16-23(22(36-31-16)13-12-17-7-2-4-10-20(17)26)37(34,35)32-14-6-8-18(15-32)24(33)30-21-11-5-3-9-19(21)25(27,28)29/h2-5,7,9-13,18H,6,8,14-15H2,1H3,(H,30,33)/b13-12+. The molecule has 0 aliphatic carbocycles. The lowest BCUT2D eigenvalue weighted by Crippen LogP contribution is -2.44. The number of benzene rings is 2. The minimum Gasteiger partial charge on any atom is -0.355 e. The predicted octanol–water partition coefficient (Wildman–Crippen LogP) is 5.35. The molecule has 0 radical (unpaired) electrons. The second-order valence-corrected chi connectivity index (χ2v) is 10.4. The molecule has 0 spiro atoms. The average Bonchev–Trinajstić information content (AvgIpc) is 3.24. The summed E-state index contributed by atoms with van der Waals surface area (Å²) in [5.74, 6) is -2.19. The Bertz CT molecular complexity index is 1430. The molecule has 3 aromatic rings. The molecular formula is C25H23F4N3O4S. The Hall–Kier alpha value is -3.51. The van der Waals surface area contributed by atoms with Crippen LogP contribution in [0.3, 0.4) is 0 Å². The van der Waals surface area contributed by atoms with Gasteiger partial charge in [-0.25, -0.2) is 12.8 Å². The number of anilines is 1. The molecular weight excluding hydrogens is 514 g/mol. The van der Waals surface area contributed by atoms with E-state index in [9.17, 15) is 30.8 Å². The molecule has 1 saturated heterocycles. The molecule has 2 heterocycles. The van der Waals surface area contributed by atoms with E-state index >= 15 is 0 Å². The Labute approximate surface area is 210 Å². The van der Waals surface area contributed by atoms with Gasteiger partial charge in [0.2, 0.25) is 15.9 Å². The Balaban J connectivity index is 1.55. The molecule has 1 aromatic heterocycles. The zero-order valence-corrected chi connectivity index (χ0v) is 20.4. The first-order chi connectivity index (χ1) is 17.5. The number of carbonyl (C=O) groups is 1. The molecule has 1 aliphatic heterocycles. The predicted molar refractivity (Wildman–Crippen MR) is 128 cm³/mol. The van der Waals surface area contributed by atoms with Gasteiger partial charge in [0.15, 0.2) is 10.7 Å². The maximum atomic E-state index is 14.0. The molecule has 0 saturated carbocycles. The first-order valence-corrected chi connectivity index (χ1v) is 12.8. The third kappa shape index (κ3) is 5.75. The number of piperidine rings is 1. The number of nitrogens with zero attached hydrogens (tertiary/aromatic N) is 2. The van der Waals surface area contributed by atoms with Gasteiger partial charge in [-0.1, -0.05) is 35.5 Å². The largest absolute Gasteiger partial charge is 0.418 e. The van der Waals surface area contributed by atoms with E-state index in [1.54, 1.807) is 6.07 Å². The summed E-state index contributed by atoms with van der Waals surface area (Å²) < 4.78 is 87.2. The summed E-state index contributed by atoms with van der Waals surface area (Å²) in [6, 6.07) is 10.5. The number of para-hydroxylation sites is 1. The first kappa shape index (κ1) is 26.6. The van der Waals surface area contributed by atoms with Crippen molar-refractivity contribution in [3.63, 3.8) is 0 Å². The van der Waals surface area contributed by atoms with Crippen LogP contribution in [-0.4, -0.2) is 36.9 Å². The van der Waals surface area contributed by atoms with Crippen LogP contribution < -0.4 is 5.32 Å². The Morgan fingerprint density at radius 3 is 2.57 bits per heavy atom. The van der Waals surface area contributed by atoms with Crippen molar-refractivity contribution in [1.82, 2.24) is 9.46 Å².